The van der Waals surface area contributed by atoms with E-state index in [1.54, 1.807) is 7.11 Å². The van der Waals surface area contributed by atoms with Crippen LogP contribution < -0.4 is 14.8 Å². The number of carbonyl (C=O) groups excluding carboxylic acids is 1. The predicted octanol–water partition coefficient (Wildman–Crippen LogP) is 5.72. The molecule has 34 heavy (non-hydrogen) atoms. The number of hydrogen-bond donors (Lipinski definition) is 2. The molecule has 0 aliphatic carbocycles. The summed E-state index contributed by atoms with van der Waals surface area (Å²) in [5.41, 5.74) is 4.61. The Hall–Kier alpha value is -4.32. The van der Waals surface area contributed by atoms with Crippen molar-refractivity contribution in [2.24, 2.45) is 0 Å². The van der Waals surface area contributed by atoms with E-state index in [0.717, 1.165) is 44.4 Å². The number of methoxy groups -OCH3 is 1. The second-order valence-corrected chi connectivity index (χ2v) is 7.87. The van der Waals surface area contributed by atoms with E-state index >= 15 is 0 Å². The lowest BCUT2D eigenvalue weighted by Gasteiger charge is -2.13. The van der Waals surface area contributed by atoms with E-state index in [2.05, 4.69) is 10.3 Å². The first kappa shape index (κ1) is 21.5. The van der Waals surface area contributed by atoms with Gasteiger partial charge >= 0.3 is 0 Å². The van der Waals surface area contributed by atoms with Crippen molar-refractivity contribution in [3.05, 3.63) is 90.1 Å². The number of benzene rings is 3. The highest BCUT2D eigenvalue weighted by Gasteiger charge is 2.19. The standard InChI is InChI=1S/C28H25N3O3/c1-3-34-25-15-9-6-12-20(25)26-27-21(19-11-5-7-13-22(19)30-27)16-23(31-26)28(32)29-17-18-10-4-8-14-24(18)33-2/h4-16,30H,3,17H2,1-2H3,(H,29,32). The molecule has 5 aromatic rings. The normalized spacial score (nSPS) is 11.0. The summed E-state index contributed by atoms with van der Waals surface area (Å²) in [6.45, 7) is 2.82. The molecule has 0 aliphatic heterocycles. The number of para-hydroxylation sites is 3. The van der Waals surface area contributed by atoms with Crippen molar-refractivity contribution in [1.82, 2.24) is 15.3 Å². The molecule has 0 atom stereocenters. The predicted molar refractivity (Wildman–Crippen MR) is 134 cm³/mol. The molecule has 0 bridgehead atoms. The van der Waals surface area contributed by atoms with Gasteiger partial charge in [0, 0.05) is 34.0 Å². The van der Waals surface area contributed by atoms with Gasteiger partial charge in [-0.3, -0.25) is 4.79 Å². The smallest absolute Gasteiger partial charge is 0.270 e. The van der Waals surface area contributed by atoms with Crippen LogP contribution in [0.2, 0.25) is 0 Å². The Kier molecular flexibility index (Phi) is 5.87. The number of pyridine rings is 1. The summed E-state index contributed by atoms with van der Waals surface area (Å²) in [4.78, 5) is 21.6. The number of nitrogens with zero attached hydrogens (tertiary/aromatic N) is 1. The molecular formula is C28H25N3O3. The number of rotatable bonds is 7. The lowest BCUT2D eigenvalue weighted by molar-refractivity contribution is 0.0946. The quantitative estimate of drug-likeness (QED) is 0.332. The highest BCUT2D eigenvalue weighted by molar-refractivity contribution is 6.13. The fourth-order valence-corrected chi connectivity index (χ4v) is 4.22. The van der Waals surface area contributed by atoms with Crippen LogP contribution in [-0.2, 0) is 6.54 Å². The van der Waals surface area contributed by atoms with E-state index in [9.17, 15) is 4.79 Å². The Morgan fingerprint density at radius 3 is 2.50 bits per heavy atom. The molecule has 170 valence electrons. The zero-order chi connectivity index (χ0) is 23.5. The molecule has 5 rings (SSSR count). The molecule has 0 aliphatic rings. The van der Waals surface area contributed by atoms with Gasteiger partial charge in [0.2, 0.25) is 0 Å². The summed E-state index contributed by atoms with van der Waals surface area (Å²) in [7, 11) is 1.62. The summed E-state index contributed by atoms with van der Waals surface area (Å²) in [6, 6.07) is 25.3. The average Bonchev–Trinajstić information content (AvgIpc) is 3.26. The van der Waals surface area contributed by atoms with E-state index in [0.29, 0.717) is 24.5 Å². The van der Waals surface area contributed by atoms with Crippen LogP contribution in [0.25, 0.3) is 33.1 Å². The molecular weight excluding hydrogens is 426 g/mol. The maximum absolute atomic E-state index is 13.3. The fourth-order valence-electron chi connectivity index (χ4n) is 4.22. The molecule has 6 nitrogen and oxygen atoms in total. The second-order valence-electron chi connectivity index (χ2n) is 7.87. The average molecular weight is 452 g/mol. The molecule has 3 aromatic carbocycles. The minimum absolute atomic E-state index is 0.256. The van der Waals surface area contributed by atoms with Gasteiger partial charge in [0.1, 0.15) is 17.2 Å². The van der Waals surface area contributed by atoms with Gasteiger partial charge in [0.15, 0.2) is 0 Å². The van der Waals surface area contributed by atoms with Crippen molar-refractivity contribution < 1.29 is 14.3 Å². The Morgan fingerprint density at radius 1 is 0.941 bits per heavy atom. The number of hydrogen-bond acceptors (Lipinski definition) is 4. The molecule has 0 radical (unpaired) electrons. The van der Waals surface area contributed by atoms with Crippen LogP contribution >= 0.6 is 0 Å². The van der Waals surface area contributed by atoms with Crippen LogP contribution in [0.4, 0.5) is 0 Å². The van der Waals surface area contributed by atoms with Crippen LogP contribution in [0.1, 0.15) is 23.0 Å². The highest BCUT2D eigenvalue weighted by Crippen LogP contribution is 2.36. The summed E-state index contributed by atoms with van der Waals surface area (Å²) in [6.07, 6.45) is 0. The van der Waals surface area contributed by atoms with Crippen LogP contribution in [0.15, 0.2) is 78.9 Å². The molecule has 0 saturated heterocycles. The van der Waals surface area contributed by atoms with E-state index in [1.165, 1.54) is 0 Å². The molecule has 2 heterocycles. The van der Waals surface area contributed by atoms with E-state index in [-0.39, 0.29) is 5.91 Å². The molecule has 2 N–H and O–H groups in total. The van der Waals surface area contributed by atoms with Crippen molar-refractivity contribution in [2.45, 2.75) is 13.5 Å². The first-order valence-electron chi connectivity index (χ1n) is 11.2. The molecule has 0 saturated carbocycles. The zero-order valence-electron chi connectivity index (χ0n) is 19.1. The van der Waals surface area contributed by atoms with Gasteiger partial charge < -0.3 is 19.8 Å². The monoisotopic (exact) mass is 451 g/mol. The van der Waals surface area contributed by atoms with E-state index < -0.39 is 0 Å². The minimum atomic E-state index is -0.256. The SMILES string of the molecule is CCOc1ccccc1-c1nc(C(=O)NCc2ccccc2OC)cc2c1[nH]c1ccccc12. The number of carbonyl (C=O) groups is 1. The lowest BCUT2D eigenvalue weighted by atomic mass is 10.1. The van der Waals surface area contributed by atoms with Gasteiger partial charge in [-0.15, -0.1) is 0 Å². The summed E-state index contributed by atoms with van der Waals surface area (Å²) >= 11 is 0. The molecule has 0 unspecified atom stereocenters. The maximum atomic E-state index is 13.3. The van der Waals surface area contributed by atoms with Crippen molar-refractivity contribution in [1.29, 1.82) is 0 Å². The molecule has 0 fully saturated rings. The van der Waals surface area contributed by atoms with Gasteiger partial charge in [-0.2, -0.15) is 0 Å². The Labute approximate surface area is 197 Å². The van der Waals surface area contributed by atoms with E-state index in [1.807, 2.05) is 85.8 Å². The molecule has 1 amide bonds. The van der Waals surface area contributed by atoms with Crippen molar-refractivity contribution in [2.75, 3.05) is 13.7 Å². The highest BCUT2D eigenvalue weighted by atomic mass is 16.5. The van der Waals surface area contributed by atoms with Crippen molar-refractivity contribution in [3.8, 4) is 22.8 Å². The van der Waals surface area contributed by atoms with Gasteiger partial charge in [0.25, 0.3) is 5.91 Å². The van der Waals surface area contributed by atoms with Gasteiger partial charge in [-0.1, -0.05) is 48.5 Å². The zero-order valence-corrected chi connectivity index (χ0v) is 19.1. The Morgan fingerprint density at radius 2 is 1.68 bits per heavy atom. The lowest BCUT2D eigenvalue weighted by Crippen LogP contribution is -2.24. The maximum Gasteiger partial charge on any atom is 0.270 e. The Balaban J connectivity index is 1.61. The number of aromatic amines is 1. The summed E-state index contributed by atoms with van der Waals surface area (Å²) in [5.74, 6) is 1.20. The summed E-state index contributed by atoms with van der Waals surface area (Å²) in [5, 5.41) is 4.97. The first-order chi connectivity index (χ1) is 16.7. The number of H-pyrrole nitrogens is 1. The second kappa shape index (κ2) is 9.27. The number of nitrogens with one attached hydrogen (secondary N) is 2. The molecule has 6 heteroatoms. The van der Waals surface area contributed by atoms with Crippen LogP contribution in [0.3, 0.4) is 0 Å². The first-order valence-corrected chi connectivity index (χ1v) is 11.2. The number of amides is 1. The fraction of sp³-hybridized carbons (Fsp3) is 0.143. The molecule has 2 aromatic heterocycles. The van der Waals surface area contributed by atoms with Gasteiger partial charge in [-0.25, -0.2) is 4.98 Å². The number of ether oxygens (including phenoxy) is 2. The van der Waals surface area contributed by atoms with E-state index in [4.69, 9.17) is 14.5 Å². The van der Waals surface area contributed by atoms with Crippen molar-refractivity contribution in [3.63, 3.8) is 0 Å². The third-order valence-corrected chi connectivity index (χ3v) is 5.80. The van der Waals surface area contributed by atoms with Crippen LogP contribution in [0.5, 0.6) is 11.5 Å². The van der Waals surface area contributed by atoms with Gasteiger partial charge in [-0.05, 0) is 37.3 Å². The third kappa shape index (κ3) is 3.94. The topological polar surface area (TPSA) is 76.2 Å². The third-order valence-electron chi connectivity index (χ3n) is 5.80. The van der Waals surface area contributed by atoms with Gasteiger partial charge in [0.05, 0.1) is 24.9 Å². The van der Waals surface area contributed by atoms with Crippen LogP contribution in [0, 0.1) is 0 Å². The number of fused-ring (bicyclic) bond motifs is 3. The number of aromatic nitrogens is 2. The largest absolute Gasteiger partial charge is 0.496 e. The summed E-state index contributed by atoms with van der Waals surface area (Å²) < 4.78 is 11.3. The minimum Gasteiger partial charge on any atom is -0.496 e. The van der Waals surface area contributed by atoms with Crippen molar-refractivity contribution >= 4 is 27.7 Å². The van der Waals surface area contributed by atoms with Crippen LogP contribution in [-0.4, -0.2) is 29.6 Å². The molecule has 0 spiro atoms. The Bertz CT molecular complexity index is 1490.